The monoisotopic (exact) mass is 178 g/mol. The van der Waals surface area contributed by atoms with Crippen molar-refractivity contribution in [3.05, 3.63) is 23.3 Å². The minimum atomic E-state index is -0.0239. The van der Waals surface area contributed by atoms with Crippen LogP contribution in [0.25, 0.3) is 0 Å². The smallest absolute Gasteiger partial charge is 0.178 e. The molecule has 0 saturated carbocycles. The van der Waals surface area contributed by atoms with Crippen molar-refractivity contribution in [3.63, 3.8) is 0 Å². The van der Waals surface area contributed by atoms with Crippen LogP contribution in [0.2, 0.25) is 0 Å². The zero-order valence-corrected chi connectivity index (χ0v) is 7.41. The van der Waals surface area contributed by atoms with Gasteiger partial charge in [-0.1, -0.05) is 0 Å². The van der Waals surface area contributed by atoms with Gasteiger partial charge in [0.2, 0.25) is 0 Å². The van der Waals surface area contributed by atoms with Crippen molar-refractivity contribution in [1.29, 1.82) is 0 Å². The molecule has 1 aliphatic rings. The largest absolute Gasteiger partial charge is 0.376 e. The molecule has 0 amide bonds. The Balaban J connectivity index is 2.52. The number of nitrogens with zero attached hydrogens (tertiary/aromatic N) is 2. The summed E-state index contributed by atoms with van der Waals surface area (Å²) in [5.41, 5.74) is 2.32. The van der Waals surface area contributed by atoms with Crippen LogP contribution in [0.15, 0.2) is 6.33 Å². The number of aromatic nitrogens is 2. The Morgan fingerprint density at radius 1 is 1.54 bits per heavy atom. The van der Waals surface area contributed by atoms with Crippen molar-refractivity contribution in [3.8, 4) is 0 Å². The third-order valence-corrected chi connectivity index (χ3v) is 2.10. The van der Waals surface area contributed by atoms with Gasteiger partial charge in [-0.05, 0) is 0 Å². The number of hydrogen-bond donors (Lipinski definition) is 0. The summed E-state index contributed by atoms with van der Waals surface area (Å²) in [6, 6.07) is 0. The van der Waals surface area contributed by atoms with Gasteiger partial charge in [-0.3, -0.25) is 4.79 Å². The summed E-state index contributed by atoms with van der Waals surface area (Å²) >= 11 is 0. The van der Waals surface area contributed by atoms with Crippen LogP contribution in [0.1, 0.15) is 28.7 Å². The van der Waals surface area contributed by atoms with E-state index in [9.17, 15) is 4.79 Å². The van der Waals surface area contributed by atoms with Gasteiger partial charge in [0.05, 0.1) is 18.9 Å². The normalized spacial score (nSPS) is 15.2. The third-order valence-electron chi connectivity index (χ3n) is 2.10. The molecule has 1 aromatic heterocycles. The van der Waals surface area contributed by atoms with Crippen molar-refractivity contribution in [2.45, 2.75) is 20.0 Å². The highest BCUT2D eigenvalue weighted by Gasteiger charge is 2.17. The molecular formula is C9H10N2O2. The molecule has 0 spiro atoms. The Morgan fingerprint density at radius 2 is 2.38 bits per heavy atom. The van der Waals surface area contributed by atoms with E-state index in [1.807, 2.05) is 0 Å². The lowest BCUT2D eigenvalue weighted by Gasteiger charge is -2.16. The van der Waals surface area contributed by atoms with Crippen molar-refractivity contribution < 1.29 is 9.53 Å². The van der Waals surface area contributed by atoms with Crippen LogP contribution in [-0.2, 0) is 17.8 Å². The van der Waals surface area contributed by atoms with E-state index < -0.39 is 0 Å². The second kappa shape index (κ2) is 3.22. The molecule has 0 saturated heterocycles. The van der Waals surface area contributed by atoms with E-state index in [2.05, 4.69) is 9.97 Å². The molecule has 0 aliphatic carbocycles. The molecule has 1 aromatic rings. The summed E-state index contributed by atoms with van der Waals surface area (Å²) in [4.78, 5) is 19.2. The topological polar surface area (TPSA) is 52.1 Å². The van der Waals surface area contributed by atoms with Crippen LogP contribution in [0.5, 0.6) is 0 Å². The Labute approximate surface area is 76.0 Å². The average molecular weight is 178 g/mol. The summed E-state index contributed by atoms with van der Waals surface area (Å²) in [5, 5.41) is 0. The van der Waals surface area contributed by atoms with E-state index in [0.29, 0.717) is 18.9 Å². The Morgan fingerprint density at radius 3 is 3.15 bits per heavy atom. The molecule has 1 aliphatic heterocycles. The van der Waals surface area contributed by atoms with Gasteiger partial charge in [-0.15, -0.1) is 0 Å². The summed E-state index contributed by atoms with van der Waals surface area (Å²) < 4.78 is 5.25. The van der Waals surface area contributed by atoms with E-state index in [4.69, 9.17) is 4.74 Å². The molecule has 2 rings (SSSR count). The van der Waals surface area contributed by atoms with Crippen molar-refractivity contribution in [2.24, 2.45) is 0 Å². The SMILES string of the molecule is CC(=O)c1ncnc2c1COCC2. The maximum Gasteiger partial charge on any atom is 0.178 e. The van der Waals surface area contributed by atoms with Gasteiger partial charge in [0.25, 0.3) is 0 Å². The number of fused-ring (bicyclic) bond motifs is 1. The quantitative estimate of drug-likeness (QED) is 0.595. The van der Waals surface area contributed by atoms with Crippen molar-refractivity contribution in [1.82, 2.24) is 9.97 Å². The standard InChI is InChI=1S/C9H10N2O2/c1-6(12)9-7-4-13-3-2-8(7)10-5-11-9/h5H,2-4H2,1H3. The molecule has 2 heterocycles. The molecule has 0 aromatic carbocycles. The van der Waals surface area contributed by atoms with E-state index in [1.54, 1.807) is 0 Å². The molecule has 0 N–H and O–H groups in total. The fourth-order valence-corrected chi connectivity index (χ4v) is 1.46. The van der Waals surface area contributed by atoms with Crippen LogP contribution in [0.4, 0.5) is 0 Å². The fraction of sp³-hybridized carbons (Fsp3) is 0.444. The summed E-state index contributed by atoms with van der Waals surface area (Å²) in [7, 11) is 0. The molecule has 13 heavy (non-hydrogen) atoms. The summed E-state index contributed by atoms with van der Waals surface area (Å²) in [6.45, 7) is 2.66. The maximum absolute atomic E-state index is 11.2. The number of carbonyl (C=O) groups excluding carboxylic acids is 1. The van der Waals surface area contributed by atoms with E-state index in [1.165, 1.54) is 13.3 Å². The molecule has 68 valence electrons. The molecule has 0 radical (unpaired) electrons. The number of rotatable bonds is 1. The zero-order valence-electron chi connectivity index (χ0n) is 7.41. The summed E-state index contributed by atoms with van der Waals surface area (Å²) in [6.07, 6.45) is 2.22. The lowest BCUT2D eigenvalue weighted by molar-refractivity contribution is 0.0964. The van der Waals surface area contributed by atoms with Gasteiger partial charge in [-0.2, -0.15) is 0 Å². The first-order chi connectivity index (χ1) is 6.29. The number of ether oxygens (including phenoxy) is 1. The number of Topliss-reactive ketones (excluding diaryl/α,β-unsaturated/α-hetero) is 1. The molecular weight excluding hydrogens is 168 g/mol. The highest BCUT2D eigenvalue weighted by atomic mass is 16.5. The molecule has 4 nitrogen and oxygen atoms in total. The Bertz CT molecular complexity index is 349. The Hall–Kier alpha value is -1.29. The van der Waals surface area contributed by atoms with Crippen LogP contribution in [0, 0.1) is 0 Å². The number of ketones is 1. The average Bonchev–Trinajstić information content (AvgIpc) is 2.17. The predicted molar refractivity (Wildman–Crippen MR) is 45.4 cm³/mol. The van der Waals surface area contributed by atoms with Gasteiger partial charge in [-0.25, -0.2) is 9.97 Å². The molecule has 0 unspecified atom stereocenters. The molecule has 4 heteroatoms. The highest BCUT2D eigenvalue weighted by molar-refractivity contribution is 5.93. The first-order valence-corrected chi connectivity index (χ1v) is 4.20. The van der Waals surface area contributed by atoms with Gasteiger partial charge >= 0.3 is 0 Å². The molecule has 0 atom stereocenters. The van der Waals surface area contributed by atoms with Crippen LogP contribution >= 0.6 is 0 Å². The number of hydrogen-bond acceptors (Lipinski definition) is 4. The molecule has 0 fully saturated rings. The maximum atomic E-state index is 11.2. The number of carbonyl (C=O) groups is 1. The highest BCUT2D eigenvalue weighted by Crippen LogP contribution is 2.16. The lowest BCUT2D eigenvalue weighted by Crippen LogP contribution is -2.16. The lowest BCUT2D eigenvalue weighted by atomic mass is 10.1. The summed E-state index contributed by atoms with van der Waals surface area (Å²) in [5.74, 6) is -0.0239. The second-order valence-corrected chi connectivity index (χ2v) is 3.01. The Kier molecular flexibility index (Phi) is 2.06. The first kappa shape index (κ1) is 8.31. The van der Waals surface area contributed by atoms with Crippen molar-refractivity contribution in [2.75, 3.05) is 6.61 Å². The molecule has 0 bridgehead atoms. The van der Waals surface area contributed by atoms with E-state index in [0.717, 1.165) is 17.7 Å². The van der Waals surface area contributed by atoms with Crippen molar-refractivity contribution >= 4 is 5.78 Å². The van der Waals surface area contributed by atoms with Crippen LogP contribution in [0.3, 0.4) is 0 Å². The predicted octanol–water partition coefficient (Wildman–Crippen LogP) is 0.752. The van der Waals surface area contributed by atoms with Gasteiger partial charge < -0.3 is 4.74 Å². The van der Waals surface area contributed by atoms with Gasteiger partial charge in [0.1, 0.15) is 12.0 Å². The minimum Gasteiger partial charge on any atom is -0.376 e. The van der Waals surface area contributed by atoms with E-state index in [-0.39, 0.29) is 5.78 Å². The third kappa shape index (κ3) is 1.45. The van der Waals surface area contributed by atoms with Gasteiger partial charge in [0, 0.05) is 18.9 Å². The minimum absolute atomic E-state index is 0.0239. The second-order valence-electron chi connectivity index (χ2n) is 3.01. The van der Waals surface area contributed by atoms with E-state index >= 15 is 0 Å². The zero-order chi connectivity index (χ0) is 9.26. The van der Waals surface area contributed by atoms with Gasteiger partial charge in [0.15, 0.2) is 5.78 Å². The van der Waals surface area contributed by atoms with Crippen LogP contribution < -0.4 is 0 Å². The first-order valence-electron chi connectivity index (χ1n) is 4.20. The van der Waals surface area contributed by atoms with Crippen LogP contribution in [-0.4, -0.2) is 22.4 Å². The fourth-order valence-electron chi connectivity index (χ4n) is 1.46.